The van der Waals surface area contributed by atoms with Crippen molar-refractivity contribution in [3.63, 3.8) is 0 Å². The van der Waals surface area contributed by atoms with Gasteiger partial charge in [-0.15, -0.1) is 0 Å². The third kappa shape index (κ3) is 6.94. The largest absolute Gasteiger partial charge is 0.504 e. The van der Waals surface area contributed by atoms with Crippen LogP contribution in [0.2, 0.25) is 0 Å². The summed E-state index contributed by atoms with van der Waals surface area (Å²) in [5, 5.41) is 10.4. The summed E-state index contributed by atoms with van der Waals surface area (Å²) in [6, 6.07) is 24.4. The van der Waals surface area contributed by atoms with Crippen LogP contribution < -0.4 is 4.74 Å². The fourth-order valence-corrected chi connectivity index (χ4v) is 4.06. The third-order valence-corrected chi connectivity index (χ3v) is 6.23. The number of nitrogens with zero attached hydrogens (tertiary/aromatic N) is 3. The van der Waals surface area contributed by atoms with Crippen LogP contribution >= 0.6 is 0 Å². The summed E-state index contributed by atoms with van der Waals surface area (Å²) in [5.74, 6) is 1.50. The van der Waals surface area contributed by atoms with Gasteiger partial charge >= 0.3 is 5.97 Å². The lowest BCUT2D eigenvalue weighted by Gasteiger charge is -2.14. The van der Waals surface area contributed by atoms with E-state index in [1.54, 1.807) is 18.2 Å². The average molecular weight is 512 g/mol. The lowest BCUT2D eigenvalue weighted by molar-refractivity contribution is -0.149. The van der Waals surface area contributed by atoms with E-state index >= 15 is 0 Å². The number of hydrogen-bond acceptors (Lipinski definition) is 7. The molecule has 1 atom stereocenters. The van der Waals surface area contributed by atoms with Crippen molar-refractivity contribution in [3.8, 4) is 45.7 Å². The van der Waals surface area contributed by atoms with E-state index in [0.29, 0.717) is 23.0 Å². The smallest absolute Gasteiger partial charge is 0.309 e. The number of ether oxygens (including phenoxy) is 2. The minimum absolute atomic E-state index is 0.0184. The molecular weight excluding hydrogens is 478 g/mol. The number of aromatic hydroxyl groups is 1. The van der Waals surface area contributed by atoms with Gasteiger partial charge in [-0.2, -0.15) is 0 Å². The Kier molecular flexibility index (Phi) is 9.40. The van der Waals surface area contributed by atoms with E-state index in [9.17, 15) is 9.90 Å². The number of aromatic nitrogens is 3. The molecule has 0 aliphatic rings. The molecule has 0 amide bonds. The summed E-state index contributed by atoms with van der Waals surface area (Å²) in [4.78, 5) is 26.5. The number of benzene rings is 3. The van der Waals surface area contributed by atoms with Crippen molar-refractivity contribution in [3.05, 3.63) is 78.9 Å². The fourth-order valence-electron chi connectivity index (χ4n) is 4.06. The Morgan fingerprint density at radius 3 is 1.92 bits per heavy atom. The second-order valence-electron chi connectivity index (χ2n) is 8.98. The van der Waals surface area contributed by atoms with Gasteiger partial charge in [0, 0.05) is 16.7 Å². The first kappa shape index (κ1) is 26.8. The molecule has 3 aromatic carbocycles. The molecule has 0 saturated heterocycles. The molecule has 7 heteroatoms. The van der Waals surface area contributed by atoms with Crippen molar-refractivity contribution < 1.29 is 19.4 Å². The molecule has 1 heterocycles. The molecule has 0 bridgehead atoms. The second kappa shape index (κ2) is 13.3. The number of carbonyl (C=O) groups excluding carboxylic acids is 1. The first-order valence-electron chi connectivity index (χ1n) is 13.1. The average Bonchev–Trinajstić information content (AvgIpc) is 2.97. The van der Waals surface area contributed by atoms with E-state index in [0.717, 1.165) is 36.8 Å². The van der Waals surface area contributed by atoms with Crippen LogP contribution in [-0.2, 0) is 9.53 Å². The second-order valence-corrected chi connectivity index (χ2v) is 8.98. The zero-order chi connectivity index (χ0) is 26.7. The summed E-state index contributed by atoms with van der Waals surface area (Å²) >= 11 is 0. The molecule has 0 radical (unpaired) electrons. The molecule has 0 aliphatic carbocycles. The molecule has 4 rings (SSSR count). The SMILES string of the molecule is CCCCC(CC)C(=O)OCCOc1cc(-c2nc(-c3ccccc3)nc(-c3ccccc3)n2)ccc1O. The van der Waals surface area contributed by atoms with Crippen LogP contribution in [-0.4, -0.2) is 39.2 Å². The van der Waals surface area contributed by atoms with E-state index in [1.165, 1.54) is 0 Å². The van der Waals surface area contributed by atoms with Gasteiger partial charge < -0.3 is 14.6 Å². The standard InChI is InChI=1S/C31H33N3O4/c1-3-5-12-22(4-2)31(36)38-20-19-37-27-21-25(17-18-26(27)35)30-33-28(23-13-8-6-9-14-23)32-29(34-30)24-15-10-7-11-16-24/h6-11,13-18,21-22,35H,3-5,12,19-20H2,1-2H3. The number of phenolic OH excluding ortho intramolecular Hbond substituents is 1. The quantitative estimate of drug-likeness (QED) is 0.167. The van der Waals surface area contributed by atoms with E-state index in [2.05, 4.69) is 6.92 Å². The number of unbranched alkanes of at least 4 members (excludes halogenated alkanes) is 1. The highest BCUT2D eigenvalue weighted by Gasteiger charge is 2.18. The van der Waals surface area contributed by atoms with E-state index in [1.807, 2.05) is 67.6 Å². The van der Waals surface area contributed by atoms with Crippen LogP contribution in [0, 0.1) is 5.92 Å². The van der Waals surface area contributed by atoms with Crippen LogP contribution in [0.1, 0.15) is 39.5 Å². The van der Waals surface area contributed by atoms with Gasteiger partial charge in [-0.1, -0.05) is 87.4 Å². The first-order valence-corrected chi connectivity index (χ1v) is 13.1. The van der Waals surface area contributed by atoms with Crippen molar-refractivity contribution in [1.82, 2.24) is 15.0 Å². The van der Waals surface area contributed by atoms with E-state index < -0.39 is 0 Å². The lowest BCUT2D eigenvalue weighted by Crippen LogP contribution is -2.20. The van der Waals surface area contributed by atoms with Gasteiger partial charge in [0.15, 0.2) is 29.0 Å². The Hall–Kier alpha value is -4.26. The lowest BCUT2D eigenvalue weighted by atomic mass is 10.00. The molecule has 1 N–H and O–H groups in total. The van der Waals surface area contributed by atoms with Gasteiger partial charge in [0.05, 0.1) is 5.92 Å². The molecule has 1 aromatic heterocycles. The molecule has 7 nitrogen and oxygen atoms in total. The molecule has 196 valence electrons. The topological polar surface area (TPSA) is 94.4 Å². The van der Waals surface area contributed by atoms with E-state index in [-0.39, 0.29) is 36.6 Å². The molecule has 0 fully saturated rings. The van der Waals surface area contributed by atoms with Gasteiger partial charge in [0.25, 0.3) is 0 Å². The maximum Gasteiger partial charge on any atom is 0.309 e. The Labute approximate surface area is 223 Å². The monoisotopic (exact) mass is 511 g/mol. The van der Waals surface area contributed by atoms with Crippen molar-refractivity contribution >= 4 is 5.97 Å². The Morgan fingerprint density at radius 1 is 0.789 bits per heavy atom. The van der Waals surface area contributed by atoms with Gasteiger partial charge in [-0.05, 0) is 31.0 Å². The van der Waals surface area contributed by atoms with Crippen LogP contribution in [0.15, 0.2) is 78.9 Å². The van der Waals surface area contributed by atoms with Crippen LogP contribution in [0.5, 0.6) is 11.5 Å². The Balaban J connectivity index is 1.53. The minimum atomic E-state index is -0.199. The molecule has 0 saturated carbocycles. The summed E-state index contributed by atoms with van der Waals surface area (Å²) < 4.78 is 11.2. The Bertz CT molecular complexity index is 1270. The van der Waals surface area contributed by atoms with Gasteiger partial charge in [0.2, 0.25) is 0 Å². The summed E-state index contributed by atoms with van der Waals surface area (Å²) in [6.07, 6.45) is 3.63. The molecular formula is C31H33N3O4. The zero-order valence-corrected chi connectivity index (χ0v) is 21.8. The normalized spacial score (nSPS) is 11.6. The summed E-state index contributed by atoms with van der Waals surface area (Å²) in [7, 11) is 0. The maximum absolute atomic E-state index is 12.3. The predicted molar refractivity (Wildman–Crippen MR) is 148 cm³/mol. The maximum atomic E-state index is 12.3. The third-order valence-electron chi connectivity index (χ3n) is 6.23. The zero-order valence-electron chi connectivity index (χ0n) is 21.8. The molecule has 38 heavy (non-hydrogen) atoms. The molecule has 0 aliphatic heterocycles. The molecule has 0 spiro atoms. The van der Waals surface area contributed by atoms with Gasteiger partial charge in [-0.3, -0.25) is 4.79 Å². The van der Waals surface area contributed by atoms with Gasteiger partial charge in [0.1, 0.15) is 13.2 Å². The van der Waals surface area contributed by atoms with Gasteiger partial charge in [-0.25, -0.2) is 15.0 Å². The number of carbonyl (C=O) groups is 1. The van der Waals surface area contributed by atoms with Crippen molar-refractivity contribution in [2.45, 2.75) is 39.5 Å². The first-order chi connectivity index (χ1) is 18.6. The summed E-state index contributed by atoms with van der Waals surface area (Å²) in [5.41, 5.74) is 2.40. The highest BCUT2D eigenvalue weighted by atomic mass is 16.6. The number of hydrogen-bond donors (Lipinski definition) is 1. The van der Waals surface area contributed by atoms with Crippen LogP contribution in [0.4, 0.5) is 0 Å². The van der Waals surface area contributed by atoms with Crippen LogP contribution in [0.3, 0.4) is 0 Å². The fraction of sp³-hybridized carbons (Fsp3) is 0.290. The predicted octanol–water partition coefficient (Wildman–Crippen LogP) is 6.72. The number of esters is 1. The minimum Gasteiger partial charge on any atom is -0.504 e. The van der Waals surface area contributed by atoms with E-state index in [4.69, 9.17) is 24.4 Å². The highest BCUT2D eigenvalue weighted by Crippen LogP contribution is 2.32. The van der Waals surface area contributed by atoms with Crippen LogP contribution in [0.25, 0.3) is 34.2 Å². The molecule has 1 unspecified atom stereocenters. The number of rotatable bonds is 12. The molecule has 4 aromatic rings. The van der Waals surface area contributed by atoms with Crippen molar-refractivity contribution in [2.75, 3.05) is 13.2 Å². The highest BCUT2D eigenvalue weighted by molar-refractivity contribution is 5.72. The number of phenols is 1. The van der Waals surface area contributed by atoms with Crippen molar-refractivity contribution in [1.29, 1.82) is 0 Å². The van der Waals surface area contributed by atoms with Crippen molar-refractivity contribution in [2.24, 2.45) is 5.92 Å². The summed E-state index contributed by atoms with van der Waals surface area (Å²) in [6.45, 7) is 4.32. The Morgan fingerprint density at radius 2 is 1.37 bits per heavy atom.